The van der Waals surface area contributed by atoms with E-state index < -0.39 is 0 Å². The maximum atomic E-state index is 8.74. The van der Waals surface area contributed by atoms with Crippen LogP contribution < -0.4 is 0 Å². The van der Waals surface area contributed by atoms with Crippen molar-refractivity contribution in [1.82, 2.24) is 4.98 Å². The largest absolute Gasteiger partial charge is 0.390 e. The summed E-state index contributed by atoms with van der Waals surface area (Å²) < 4.78 is 0. The lowest BCUT2D eigenvalue weighted by Gasteiger charge is -1.89. The predicted octanol–water partition coefficient (Wildman–Crippen LogP) is 1.59. The quantitative estimate of drug-likeness (QED) is 0.745. The summed E-state index contributed by atoms with van der Waals surface area (Å²) in [6.07, 6.45) is 3.87. The average Bonchev–Trinajstić information content (AvgIpc) is 2.68. The lowest BCUT2D eigenvalue weighted by molar-refractivity contribution is 0.277. The minimum absolute atomic E-state index is 0.0845. The summed E-state index contributed by atoms with van der Waals surface area (Å²) in [7, 11) is 0. The van der Waals surface area contributed by atoms with Crippen LogP contribution in [-0.2, 0) is 13.0 Å². The Morgan fingerprint density at radius 3 is 3.00 bits per heavy atom. The van der Waals surface area contributed by atoms with Gasteiger partial charge in [0.25, 0.3) is 0 Å². The lowest BCUT2D eigenvalue weighted by atomic mass is 10.3. The molecule has 0 aliphatic heterocycles. The third-order valence-corrected chi connectivity index (χ3v) is 2.84. The maximum Gasteiger partial charge on any atom is 0.0932 e. The van der Waals surface area contributed by atoms with Crippen molar-refractivity contribution in [1.29, 1.82) is 0 Å². The van der Waals surface area contributed by atoms with Crippen molar-refractivity contribution in [2.75, 3.05) is 0 Å². The molecule has 1 aliphatic carbocycles. The Labute approximate surface area is 69.9 Å². The van der Waals surface area contributed by atoms with Crippen molar-refractivity contribution < 1.29 is 5.11 Å². The highest BCUT2D eigenvalue weighted by Gasteiger charge is 2.22. The maximum absolute atomic E-state index is 8.74. The molecule has 3 heteroatoms. The Kier molecular flexibility index (Phi) is 1.92. The molecule has 1 saturated carbocycles. The van der Waals surface area contributed by atoms with E-state index >= 15 is 0 Å². The average molecular weight is 169 g/mol. The molecule has 1 aromatic rings. The number of hydrogen-bond acceptors (Lipinski definition) is 3. The van der Waals surface area contributed by atoms with Crippen LogP contribution in [0.3, 0.4) is 0 Å². The minimum Gasteiger partial charge on any atom is -0.390 e. The SMILES string of the molecule is OCc1csc(CC2CC2)n1. The van der Waals surface area contributed by atoms with E-state index in [0.717, 1.165) is 18.0 Å². The van der Waals surface area contributed by atoms with Crippen molar-refractivity contribution in [3.63, 3.8) is 0 Å². The van der Waals surface area contributed by atoms with Crippen LogP contribution in [0.1, 0.15) is 23.5 Å². The molecule has 1 heterocycles. The molecular formula is C8H11NOS. The molecule has 0 aromatic carbocycles. The van der Waals surface area contributed by atoms with Crippen LogP contribution >= 0.6 is 11.3 Å². The molecule has 60 valence electrons. The van der Waals surface area contributed by atoms with Crippen molar-refractivity contribution in [2.24, 2.45) is 5.92 Å². The second-order valence-corrected chi connectivity index (χ2v) is 3.98. The Morgan fingerprint density at radius 2 is 2.45 bits per heavy atom. The zero-order valence-corrected chi connectivity index (χ0v) is 7.10. The Balaban J connectivity index is 1.99. The van der Waals surface area contributed by atoms with Crippen molar-refractivity contribution >= 4 is 11.3 Å². The van der Waals surface area contributed by atoms with Crippen LogP contribution in [0.15, 0.2) is 5.38 Å². The molecule has 11 heavy (non-hydrogen) atoms. The number of thiazole rings is 1. The summed E-state index contributed by atoms with van der Waals surface area (Å²) in [4.78, 5) is 4.28. The number of aliphatic hydroxyl groups is 1. The van der Waals surface area contributed by atoms with Gasteiger partial charge in [-0.05, 0) is 18.8 Å². The topological polar surface area (TPSA) is 33.1 Å². The van der Waals surface area contributed by atoms with Gasteiger partial charge in [0.15, 0.2) is 0 Å². The van der Waals surface area contributed by atoms with Gasteiger partial charge in [-0.1, -0.05) is 0 Å². The van der Waals surface area contributed by atoms with Crippen LogP contribution in [0.5, 0.6) is 0 Å². The monoisotopic (exact) mass is 169 g/mol. The highest BCUT2D eigenvalue weighted by molar-refractivity contribution is 7.09. The molecule has 1 aliphatic rings. The first kappa shape index (κ1) is 7.25. The zero-order chi connectivity index (χ0) is 7.68. The third-order valence-electron chi connectivity index (χ3n) is 1.92. The van der Waals surface area contributed by atoms with E-state index in [4.69, 9.17) is 5.11 Å². The van der Waals surface area contributed by atoms with Gasteiger partial charge in [0.2, 0.25) is 0 Å². The fraction of sp³-hybridized carbons (Fsp3) is 0.625. The number of aliphatic hydroxyl groups excluding tert-OH is 1. The Hall–Kier alpha value is -0.410. The van der Waals surface area contributed by atoms with Gasteiger partial charge in [0.1, 0.15) is 0 Å². The van der Waals surface area contributed by atoms with E-state index in [1.807, 2.05) is 5.38 Å². The van der Waals surface area contributed by atoms with Gasteiger partial charge in [0.05, 0.1) is 17.3 Å². The van der Waals surface area contributed by atoms with Gasteiger partial charge in [-0.25, -0.2) is 4.98 Å². The minimum atomic E-state index is 0.0845. The normalized spacial score (nSPS) is 17.2. The standard InChI is InChI=1S/C8H11NOS/c10-4-7-5-11-8(9-7)3-6-1-2-6/h5-6,10H,1-4H2. The van der Waals surface area contributed by atoms with Crippen LogP contribution in [0.4, 0.5) is 0 Å². The van der Waals surface area contributed by atoms with E-state index in [-0.39, 0.29) is 6.61 Å². The zero-order valence-electron chi connectivity index (χ0n) is 6.29. The Morgan fingerprint density at radius 1 is 1.64 bits per heavy atom. The first-order valence-corrected chi connectivity index (χ1v) is 4.80. The summed E-state index contributed by atoms with van der Waals surface area (Å²) in [6.45, 7) is 0.0845. The molecule has 0 spiro atoms. The summed E-state index contributed by atoms with van der Waals surface area (Å²) >= 11 is 1.67. The first-order chi connectivity index (χ1) is 5.38. The van der Waals surface area contributed by atoms with Crippen molar-refractivity contribution in [3.8, 4) is 0 Å². The second-order valence-electron chi connectivity index (χ2n) is 3.04. The molecular weight excluding hydrogens is 158 g/mol. The summed E-state index contributed by atoms with van der Waals surface area (Å²) in [5.74, 6) is 0.896. The molecule has 0 amide bonds. The molecule has 2 rings (SSSR count). The molecule has 0 radical (unpaired) electrons. The second kappa shape index (κ2) is 2.91. The van der Waals surface area contributed by atoms with Crippen LogP contribution in [-0.4, -0.2) is 10.1 Å². The summed E-state index contributed by atoms with van der Waals surface area (Å²) in [5, 5.41) is 11.9. The number of aromatic nitrogens is 1. The number of hydrogen-bond donors (Lipinski definition) is 1. The van der Waals surface area contributed by atoms with E-state index in [1.54, 1.807) is 11.3 Å². The molecule has 2 nitrogen and oxygen atoms in total. The van der Waals surface area contributed by atoms with Crippen LogP contribution in [0, 0.1) is 5.92 Å². The smallest absolute Gasteiger partial charge is 0.0932 e. The Bertz CT molecular complexity index is 242. The van der Waals surface area contributed by atoms with Gasteiger partial charge in [-0.15, -0.1) is 11.3 Å². The molecule has 0 saturated heterocycles. The lowest BCUT2D eigenvalue weighted by Crippen LogP contribution is -1.87. The molecule has 1 fully saturated rings. The molecule has 0 bridgehead atoms. The molecule has 0 atom stereocenters. The fourth-order valence-electron chi connectivity index (χ4n) is 1.08. The van der Waals surface area contributed by atoms with E-state index in [9.17, 15) is 0 Å². The van der Waals surface area contributed by atoms with Crippen LogP contribution in [0.2, 0.25) is 0 Å². The molecule has 1 aromatic heterocycles. The summed E-state index contributed by atoms with van der Waals surface area (Å²) in [5.41, 5.74) is 0.825. The van der Waals surface area contributed by atoms with E-state index in [2.05, 4.69) is 4.98 Å². The van der Waals surface area contributed by atoms with Gasteiger partial charge in [0, 0.05) is 11.8 Å². The summed E-state index contributed by atoms with van der Waals surface area (Å²) in [6, 6.07) is 0. The third kappa shape index (κ3) is 1.79. The van der Waals surface area contributed by atoms with E-state index in [0.29, 0.717) is 0 Å². The first-order valence-electron chi connectivity index (χ1n) is 3.92. The van der Waals surface area contributed by atoms with Gasteiger partial charge in [-0.2, -0.15) is 0 Å². The van der Waals surface area contributed by atoms with Gasteiger partial charge < -0.3 is 5.11 Å². The van der Waals surface area contributed by atoms with Gasteiger partial charge >= 0.3 is 0 Å². The fourth-order valence-corrected chi connectivity index (χ4v) is 1.99. The van der Waals surface area contributed by atoms with Crippen molar-refractivity contribution in [3.05, 3.63) is 16.1 Å². The van der Waals surface area contributed by atoms with Crippen molar-refractivity contribution in [2.45, 2.75) is 25.9 Å². The van der Waals surface area contributed by atoms with Gasteiger partial charge in [-0.3, -0.25) is 0 Å². The van der Waals surface area contributed by atoms with E-state index in [1.165, 1.54) is 17.8 Å². The number of rotatable bonds is 3. The number of nitrogens with zero attached hydrogens (tertiary/aromatic N) is 1. The predicted molar refractivity (Wildman–Crippen MR) is 44.5 cm³/mol. The molecule has 1 N–H and O–H groups in total. The highest BCUT2D eigenvalue weighted by Crippen LogP contribution is 2.33. The highest BCUT2D eigenvalue weighted by atomic mass is 32.1. The molecule has 0 unspecified atom stereocenters. The van der Waals surface area contributed by atoms with Crippen LogP contribution in [0.25, 0.3) is 0 Å².